The molecular weight excluding hydrogens is 138 g/mol. The van der Waals surface area contributed by atoms with Crippen LogP contribution in [0.15, 0.2) is 0 Å². The summed E-state index contributed by atoms with van der Waals surface area (Å²) in [6.07, 6.45) is 1.02. The molecule has 1 saturated carbocycles. The number of rotatable bonds is 1. The highest BCUT2D eigenvalue weighted by Gasteiger charge is 2.54. The van der Waals surface area contributed by atoms with Crippen LogP contribution >= 0.6 is 0 Å². The van der Waals surface area contributed by atoms with E-state index in [1.165, 1.54) is 6.54 Å². The number of likely N-dealkylation sites (tertiary alicyclic amines) is 1. The Morgan fingerprint density at radius 2 is 2.36 bits per heavy atom. The number of aliphatic hydroxyl groups excluding tert-OH is 1. The van der Waals surface area contributed by atoms with Gasteiger partial charge in [0, 0.05) is 19.0 Å². The van der Waals surface area contributed by atoms with Gasteiger partial charge in [-0.1, -0.05) is 13.8 Å². The largest absolute Gasteiger partial charge is 0.393 e. The smallest absolute Gasteiger partial charge is 0.0592 e. The summed E-state index contributed by atoms with van der Waals surface area (Å²) in [4.78, 5) is 2.45. The van der Waals surface area contributed by atoms with Gasteiger partial charge in [-0.3, -0.25) is 0 Å². The first kappa shape index (κ1) is 7.56. The molecule has 1 saturated heterocycles. The number of hydrogen-bond acceptors (Lipinski definition) is 2. The van der Waals surface area contributed by atoms with Gasteiger partial charge < -0.3 is 10.0 Å². The van der Waals surface area contributed by atoms with Gasteiger partial charge in [-0.15, -0.1) is 0 Å². The first-order valence-corrected chi connectivity index (χ1v) is 4.56. The summed E-state index contributed by atoms with van der Waals surface area (Å²) in [6, 6.07) is 0. The molecular formula is C9H17NO. The van der Waals surface area contributed by atoms with Crippen molar-refractivity contribution in [1.29, 1.82) is 0 Å². The molecule has 1 N–H and O–H groups in total. The molecule has 2 rings (SSSR count). The summed E-state index contributed by atoms with van der Waals surface area (Å²) in [5.41, 5.74) is 0.454. The average molecular weight is 155 g/mol. The van der Waals surface area contributed by atoms with Crippen LogP contribution in [-0.4, -0.2) is 35.7 Å². The van der Waals surface area contributed by atoms with Gasteiger partial charge in [0.05, 0.1) is 6.10 Å². The van der Waals surface area contributed by atoms with E-state index < -0.39 is 0 Å². The minimum absolute atomic E-state index is 0.00319. The molecule has 1 heterocycles. The number of nitrogens with zero attached hydrogens (tertiary/aromatic N) is 1. The predicted octanol–water partition coefficient (Wildman–Crippen LogP) is 0.709. The van der Waals surface area contributed by atoms with E-state index in [4.69, 9.17) is 0 Å². The minimum atomic E-state index is -0.00319. The van der Waals surface area contributed by atoms with Gasteiger partial charge in [-0.25, -0.2) is 0 Å². The Morgan fingerprint density at radius 1 is 1.64 bits per heavy atom. The Bertz CT molecular complexity index is 171. The van der Waals surface area contributed by atoms with Crippen LogP contribution in [0.25, 0.3) is 0 Å². The van der Waals surface area contributed by atoms with E-state index in [2.05, 4.69) is 18.7 Å². The zero-order chi connectivity index (χ0) is 8.06. The molecule has 0 aromatic heterocycles. The summed E-state index contributed by atoms with van der Waals surface area (Å²) in [5.74, 6) is 0.572. The van der Waals surface area contributed by atoms with Crippen molar-refractivity contribution >= 4 is 0 Å². The molecule has 3 atom stereocenters. The molecule has 0 unspecified atom stereocenters. The van der Waals surface area contributed by atoms with Gasteiger partial charge in [0.15, 0.2) is 0 Å². The first-order chi connectivity index (χ1) is 5.15. The molecule has 2 aliphatic rings. The van der Waals surface area contributed by atoms with E-state index in [0.29, 0.717) is 11.3 Å². The van der Waals surface area contributed by atoms with Crippen molar-refractivity contribution in [3.05, 3.63) is 0 Å². The highest BCUT2D eigenvalue weighted by molar-refractivity contribution is 5.06. The van der Waals surface area contributed by atoms with E-state index in [1.807, 2.05) is 0 Å². The van der Waals surface area contributed by atoms with Crippen LogP contribution in [0.1, 0.15) is 20.3 Å². The van der Waals surface area contributed by atoms with Gasteiger partial charge in [0.2, 0.25) is 0 Å². The van der Waals surface area contributed by atoms with Gasteiger partial charge in [0.1, 0.15) is 0 Å². The maximum Gasteiger partial charge on any atom is 0.0592 e. The molecule has 0 amide bonds. The molecule has 0 aromatic rings. The maximum absolute atomic E-state index is 9.47. The van der Waals surface area contributed by atoms with Crippen LogP contribution in [0.2, 0.25) is 0 Å². The standard InChI is InChI=1S/C9H17NO/c1-3-10-5-7-8(11)4-9(7,2)6-10/h7-8,11H,3-6H2,1-2H3/t7-,8-,9-/m1/s1. The highest BCUT2D eigenvalue weighted by atomic mass is 16.3. The molecule has 2 fully saturated rings. The van der Waals surface area contributed by atoms with Crippen molar-refractivity contribution in [3.8, 4) is 0 Å². The summed E-state index contributed by atoms with van der Waals surface area (Å²) < 4.78 is 0. The van der Waals surface area contributed by atoms with Crippen LogP contribution in [0, 0.1) is 11.3 Å². The highest BCUT2D eigenvalue weighted by Crippen LogP contribution is 2.51. The van der Waals surface area contributed by atoms with Gasteiger partial charge >= 0.3 is 0 Å². The van der Waals surface area contributed by atoms with Gasteiger partial charge in [-0.2, -0.15) is 0 Å². The number of fused-ring (bicyclic) bond motifs is 1. The summed E-state index contributed by atoms with van der Waals surface area (Å²) in [5, 5.41) is 9.47. The molecule has 1 aliphatic heterocycles. The normalized spacial score (nSPS) is 50.5. The fourth-order valence-corrected chi connectivity index (χ4v) is 2.69. The number of aliphatic hydroxyl groups is 1. The Morgan fingerprint density at radius 3 is 2.82 bits per heavy atom. The van der Waals surface area contributed by atoms with Gasteiger partial charge in [-0.05, 0) is 18.4 Å². The molecule has 2 heteroatoms. The third-order valence-electron chi connectivity index (χ3n) is 3.52. The zero-order valence-electron chi connectivity index (χ0n) is 7.38. The van der Waals surface area contributed by atoms with Crippen molar-refractivity contribution in [3.63, 3.8) is 0 Å². The second-order valence-corrected chi connectivity index (χ2v) is 4.36. The summed E-state index contributed by atoms with van der Waals surface area (Å²) >= 11 is 0. The van der Waals surface area contributed by atoms with Crippen molar-refractivity contribution in [2.45, 2.75) is 26.4 Å². The van der Waals surface area contributed by atoms with Gasteiger partial charge in [0.25, 0.3) is 0 Å². The van der Waals surface area contributed by atoms with E-state index in [1.54, 1.807) is 0 Å². The van der Waals surface area contributed by atoms with E-state index in [-0.39, 0.29) is 6.10 Å². The molecule has 2 nitrogen and oxygen atoms in total. The van der Waals surface area contributed by atoms with Crippen LogP contribution in [0.5, 0.6) is 0 Å². The van der Waals surface area contributed by atoms with Crippen molar-refractivity contribution < 1.29 is 5.11 Å². The first-order valence-electron chi connectivity index (χ1n) is 4.56. The third kappa shape index (κ3) is 0.926. The molecule has 1 aliphatic carbocycles. The lowest BCUT2D eigenvalue weighted by Crippen LogP contribution is -2.48. The van der Waals surface area contributed by atoms with Crippen LogP contribution in [0.3, 0.4) is 0 Å². The van der Waals surface area contributed by atoms with Crippen LogP contribution in [0.4, 0.5) is 0 Å². The van der Waals surface area contributed by atoms with Crippen LogP contribution < -0.4 is 0 Å². The van der Waals surface area contributed by atoms with E-state index in [0.717, 1.165) is 19.5 Å². The zero-order valence-corrected chi connectivity index (χ0v) is 7.38. The monoisotopic (exact) mass is 155 g/mol. The average Bonchev–Trinajstić information content (AvgIpc) is 2.22. The lowest BCUT2D eigenvalue weighted by molar-refractivity contribution is -0.0639. The number of hydrogen-bond donors (Lipinski definition) is 1. The van der Waals surface area contributed by atoms with Crippen LogP contribution in [-0.2, 0) is 0 Å². The van der Waals surface area contributed by atoms with Crippen molar-refractivity contribution in [2.24, 2.45) is 11.3 Å². The second-order valence-electron chi connectivity index (χ2n) is 4.36. The Balaban J connectivity index is 2.04. The maximum atomic E-state index is 9.47. The van der Waals surface area contributed by atoms with Crippen molar-refractivity contribution in [1.82, 2.24) is 4.90 Å². The van der Waals surface area contributed by atoms with Crippen molar-refractivity contribution in [2.75, 3.05) is 19.6 Å². The molecule has 0 bridgehead atoms. The lowest BCUT2D eigenvalue weighted by atomic mass is 9.61. The topological polar surface area (TPSA) is 23.5 Å². The Kier molecular flexibility index (Phi) is 1.52. The molecule has 64 valence electrons. The quantitative estimate of drug-likeness (QED) is 0.603. The molecule has 0 aromatic carbocycles. The Labute approximate surface area is 68.2 Å². The predicted molar refractivity (Wildman–Crippen MR) is 44.3 cm³/mol. The lowest BCUT2D eigenvalue weighted by Gasteiger charge is -2.45. The molecule has 11 heavy (non-hydrogen) atoms. The van der Waals surface area contributed by atoms with E-state index >= 15 is 0 Å². The fraction of sp³-hybridized carbons (Fsp3) is 1.00. The summed E-state index contributed by atoms with van der Waals surface area (Å²) in [6.45, 7) is 7.96. The molecule has 0 spiro atoms. The second kappa shape index (κ2) is 2.20. The summed E-state index contributed by atoms with van der Waals surface area (Å²) in [7, 11) is 0. The van der Waals surface area contributed by atoms with E-state index in [9.17, 15) is 5.11 Å². The molecule has 0 radical (unpaired) electrons. The minimum Gasteiger partial charge on any atom is -0.393 e. The Hall–Kier alpha value is -0.0800. The SMILES string of the molecule is CCN1C[C@@H]2[C@H](O)C[C@]2(C)C1. The third-order valence-corrected chi connectivity index (χ3v) is 3.52. The fourth-order valence-electron chi connectivity index (χ4n) is 2.69.